The van der Waals surface area contributed by atoms with Gasteiger partial charge in [-0.1, -0.05) is 12.1 Å². The smallest absolute Gasteiger partial charge is 0.289 e. The SMILES string of the molecule is COc1ccc(/C(C)=N\NC(=O)c2cc(-c3cccc([N+](=O)[O-])c3)n[nH]2)cc1OC. The molecule has 0 unspecified atom stereocenters. The van der Waals surface area contributed by atoms with Crippen LogP contribution >= 0.6 is 0 Å². The average molecular weight is 409 g/mol. The van der Waals surface area contributed by atoms with Crippen LogP contribution in [0.4, 0.5) is 5.69 Å². The van der Waals surface area contributed by atoms with E-state index in [4.69, 9.17) is 9.47 Å². The third-order valence-corrected chi connectivity index (χ3v) is 4.30. The van der Waals surface area contributed by atoms with Gasteiger partial charge in [0.1, 0.15) is 5.69 Å². The van der Waals surface area contributed by atoms with Crippen molar-refractivity contribution in [3.8, 4) is 22.8 Å². The van der Waals surface area contributed by atoms with Crippen LogP contribution in [0.25, 0.3) is 11.3 Å². The fraction of sp³-hybridized carbons (Fsp3) is 0.150. The van der Waals surface area contributed by atoms with Crippen LogP contribution in [-0.2, 0) is 0 Å². The van der Waals surface area contributed by atoms with Crippen LogP contribution in [0.15, 0.2) is 53.6 Å². The molecule has 0 aliphatic rings. The number of nitrogens with zero attached hydrogens (tertiary/aromatic N) is 3. The predicted molar refractivity (Wildman–Crippen MR) is 110 cm³/mol. The van der Waals surface area contributed by atoms with Gasteiger partial charge in [-0.3, -0.25) is 20.0 Å². The number of H-pyrrole nitrogens is 1. The minimum absolute atomic E-state index is 0.0587. The minimum atomic E-state index is -0.501. The van der Waals surface area contributed by atoms with E-state index in [1.807, 2.05) is 0 Å². The first-order valence-electron chi connectivity index (χ1n) is 8.80. The Kier molecular flexibility index (Phi) is 6.06. The van der Waals surface area contributed by atoms with Crippen LogP contribution < -0.4 is 14.9 Å². The molecule has 0 bridgehead atoms. The fourth-order valence-electron chi connectivity index (χ4n) is 2.69. The van der Waals surface area contributed by atoms with Crippen molar-refractivity contribution < 1.29 is 19.2 Å². The molecular weight excluding hydrogens is 390 g/mol. The van der Waals surface area contributed by atoms with Gasteiger partial charge in [0.2, 0.25) is 0 Å². The van der Waals surface area contributed by atoms with Gasteiger partial charge in [-0.15, -0.1) is 0 Å². The van der Waals surface area contributed by atoms with Crippen LogP contribution in [0, 0.1) is 10.1 Å². The van der Waals surface area contributed by atoms with Gasteiger partial charge in [0.05, 0.1) is 30.5 Å². The van der Waals surface area contributed by atoms with E-state index in [1.54, 1.807) is 44.4 Å². The van der Waals surface area contributed by atoms with Gasteiger partial charge in [-0.05, 0) is 31.2 Å². The second kappa shape index (κ2) is 8.86. The lowest BCUT2D eigenvalue weighted by Crippen LogP contribution is -2.19. The number of nitro groups is 1. The number of carbonyl (C=O) groups excluding carboxylic acids is 1. The number of nitrogens with one attached hydrogen (secondary N) is 2. The number of hydrogen-bond donors (Lipinski definition) is 2. The van der Waals surface area contributed by atoms with Gasteiger partial charge in [0.15, 0.2) is 11.5 Å². The molecule has 0 fully saturated rings. The van der Waals surface area contributed by atoms with Gasteiger partial charge >= 0.3 is 0 Å². The van der Waals surface area contributed by atoms with Crippen molar-refractivity contribution in [3.63, 3.8) is 0 Å². The lowest BCUT2D eigenvalue weighted by molar-refractivity contribution is -0.384. The van der Waals surface area contributed by atoms with Crippen LogP contribution in [-0.4, -0.2) is 41.0 Å². The highest BCUT2D eigenvalue weighted by Gasteiger charge is 2.14. The molecule has 30 heavy (non-hydrogen) atoms. The number of rotatable bonds is 7. The number of ether oxygens (including phenoxy) is 2. The van der Waals surface area contributed by atoms with Crippen molar-refractivity contribution in [1.29, 1.82) is 0 Å². The Morgan fingerprint density at radius 3 is 2.60 bits per heavy atom. The molecule has 0 spiro atoms. The van der Waals surface area contributed by atoms with Crippen LogP contribution in [0.5, 0.6) is 11.5 Å². The van der Waals surface area contributed by atoms with E-state index in [1.165, 1.54) is 25.3 Å². The Morgan fingerprint density at radius 1 is 1.13 bits per heavy atom. The van der Waals surface area contributed by atoms with E-state index in [0.29, 0.717) is 28.5 Å². The summed E-state index contributed by atoms with van der Waals surface area (Å²) < 4.78 is 10.5. The van der Waals surface area contributed by atoms with Crippen LogP contribution in [0.3, 0.4) is 0 Å². The summed E-state index contributed by atoms with van der Waals surface area (Å²) in [5.41, 5.74) is 4.79. The molecule has 2 aromatic carbocycles. The average Bonchev–Trinajstić information content (AvgIpc) is 3.27. The summed E-state index contributed by atoms with van der Waals surface area (Å²) in [7, 11) is 3.08. The van der Waals surface area contributed by atoms with E-state index in [2.05, 4.69) is 20.7 Å². The van der Waals surface area contributed by atoms with Crippen molar-refractivity contribution in [2.24, 2.45) is 5.10 Å². The summed E-state index contributed by atoms with van der Waals surface area (Å²) in [6, 6.07) is 12.8. The van der Waals surface area contributed by atoms with E-state index < -0.39 is 10.8 Å². The Labute approximate surface area is 171 Å². The normalized spacial score (nSPS) is 11.1. The number of methoxy groups -OCH3 is 2. The molecule has 0 aliphatic carbocycles. The van der Waals surface area contributed by atoms with E-state index in [0.717, 1.165) is 5.56 Å². The standard InChI is InChI=1S/C20H19N5O5/c1-12(13-7-8-18(29-2)19(10-13)30-3)21-24-20(26)17-11-16(22-23-17)14-5-4-6-15(9-14)25(27)28/h4-11H,1-3H3,(H,22,23)(H,24,26)/b21-12-. The van der Waals surface area contributed by atoms with Crippen molar-refractivity contribution >= 4 is 17.3 Å². The summed E-state index contributed by atoms with van der Waals surface area (Å²) in [5, 5.41) is 21.7. The monoisotopic (exact) mass is 409 g/mol. The predicted octanol–water partition coefficient (Wildman–Crippen LogP) is 3.16. The molecule has 0 radical (unpaired) electrons. The number of aromatic amines is 1. The molecular formula is C20H19N5O5. The van der Waals surface area contributed by atoms with Crippen LogP contribution in [0.1, 0.15) is 23.0 Å². The topological polar surface area (TPSA) is 132 Å². The van der Waals surface area contributed by atoms with Gasteiger partial charge in [0.25, 0.3) is 11.6 Å². The van der Waals surface area contributed by atoms with Crippen molar-refractivity contribution in [2.75, 3.05) is 14.2 Å². The fourth-order valence-corrected chi connectivity index (χ4v) is 2.69. The quantitative estimate of drug-likeness (QED) is 0.350. The number of nitro benzene ring substituents is 1. The number of amides is 1. The first kappa shape index (κ1) is 20.5. The summed E-state index contributed by atoms with van der Waals surface area (Å²) in [6.45, 7) is 1.74. The molecule has 3 aromatic rings. The second-order valence-electron chi connectivity index (χ2n) is 6.18. The molecule has 0 aliphatic heterocycles. The van der Waals surface area contributed by atoms with Crippen molar-refractivity contribution in [2.45, 2.75) is 6.92 Å². The Morgan fingerprint density at radius 2 is 1.90 bits per heavy atom. The molecule has 1 aromatic heterocycles. The minimum Gasteiger partial charge on any atom is -0.493 e. The number of non-ortho nitro benzene ring substituents is 1. The van der Waals surface area contributed by atoms with E-state index in [9.17, 15) is 14.9 Å². The van der Waals surface area contributed by atoms with Crippen LogP contribution in [0.2, 0.25) is 0 Å². The molecule has 10 nitrogen and oxygen atoms in total. The maximum atomic E-state index is 12.4. The number of carbonyl (C=O) groups is 1. The third-order valence-electron chi connectivity index (χ3n) is 4.30. The van der Waals surface area contributed by atoms with Gasteiger partial charge < -0.3 is 9.47 Å². The maximum Gasteiger partial charge on any atom is 0.289 e. The number of benzene rings is 2. The molecule has 2 N–H and O–H groups in total. The third kappa shape index (κ3) is 4.43. The highest BCUT2D eigenvalue weighted by Crippen LogP contribution is 2.27. The number of hydrazone groups is 1. The largest absolute Gasteiger partial charge is 0.493 e. The summed E-state index contributed by atoms with van der Waals surface area (Å²) in [6.07, 6.45) is 0. The van der Waals surface area contributed by atoms with E-state index in [-0.39, 0.29) is 11.4 Å². The Hall–Kier alpha value is -4.21. The second-order valence-corrected chi connectivity index (χ2v) is 6.18. The van der Waals surface area contributed by atoms with E-state index >= 15 is 0 Å². The molecule has 3 rings (SSSR count). The molecule has 1 amide bonds. The zero-order chi connectivity index (χ0) is 21.7. The molecule has 1 heterocycles. The Bertz CT molecular complexity index is 1120. The maximum absolute atomic E-state index is 12.4. The summed E-state index contributed by atoms with van der Waals surface area (Å²) in [4.78, 5) is 22.8. The summed E-state index contributed by atoms with van der Waals surface area (Å²) >= 11 is 0. The van der Waals surface area contributed by atoms with Crippen molar-refractivity contribution in [3.05, 3.63) is 69.9 Å². The van der Waals surface area contributed by atoms with Gasteiger partial charge in [-0.25, -0.2) is 5.43 Å². The zero-order valence-electron chi connectivity index (χ0n) is 16.5. The molecule has 154 valence electrons. The van der Waals surface area contributed by atoms with Gasteiger partial charge in [-0.2, -0.15) is 10.2 Å². The lowest BCUT2D eigenvalue weighted by atomic mass is 10.1. The number of hydrogen-bond acceptors (Lipinski definition) is 7. The van der Waals surface area contributed by atoms with Gasteiger partial charge in [0, 0.05) is 23.3 Å². The molecule has 0 atom stereocenters. The number of aromatic nitrogens is 2. The zero-order valence-corrected chi connectivity index (χ0v) is 16.5. The first-order valence-corrected chi connectivity index (χ1v) is 8.80. The molecule has 10 heteroatoms. The molecule has 0 saturated heterocycles. The summed E-state index contributed by atoms with van der Waals surface area (Å²) in [5.74, 6) is 0.634. The lowest BCUT2D eigenvalue weighted by Gasteiger charge is -2.09. The highest BCUT2D eigenvalue weighted by molar-refractivity contribution is 6.01. The highest BCUT2D eigenvalue weighted by atomic mass is 16.6. The van der Waals surface area contributed by atoms with Crippen molar-refractivity contribution in [1.82, 2.24) is 15.6 Å². The first-order chi connectivity index (χ1) is 14.4. The Balaban J connectivity index is 1.74. The molecule has 0 saturated carbocycles.